The van der Waals surface area contributed by atoms with Crippen molar-refractivity contribution >= 4 is 43.5 Å². The van der Waals surface area contributed by atoms with Gasteiger partial charge < -0.3 is 10.2 Å². The van der Waals surface area contributed by atoms with E-state index in [-0.39, 0.29) is 24.9 Å². The molecule has 0 bridgehead atoms. The van der Waals surface area contributed by atoms with E-state index < -0.39 is 34.3 Å². The largest absolute Gasteiger partial charge is 0.352 e. The highest BCUT2D eigenvalue weighted by atomic mass is 79.9. The average molecular weight is 619 g/mol. The fraction of sp³-hybridized carbons (Fsp3) is 0.310. The highest BCUT2D eigenvalue weighted by Crippen LogP contribution is 2.23. The molecule has 2 atom stereocenters. The van der Waals surface area contributed by atoms with Crippen molar-refractivity contribution in [1.29, 1.82) is 0 Å². The Labute approximate surface area is 238 Å². The molecule has 7 nitrogen and oxygen atoms in total. The summed E-state index contributed by atoms with van der Waals surface area (Å²) in [5.41, 5.74) is 1.75. The number of nitrogens with zero attached hydrogens (tertiary/aromatic N) is 2. The molecule has 0 saturated carbocycles. The minimum atomic E-state index is -3.85. The summed E-state index contributed by atoms with van der Waals surface area (Å²) < 4.78 is 40.9. The topological polar surface area (TPSA) is 86.8 Å². The molecule has 3 aromatic rings. The summed E-state index contributed by atoms with van der Waals surface area (Å²) in [5, 5.41) is 2.97. The molecule has 1 N–H and O–H groups in total. The van der Waals surface area contributed by atoms with Crippen LogP contribution in [0.15, 0.2) is 83.3 Å². The van der Waals surface area contributed by atoms with Gasteiger partial charge in [-0.05, 0) is 54.8 Å². The molecule has 0 radical (unpaired) electrons. The smallest absolute Gasteiger partial charge is 0.244 e. The summed E-state index contributed by atoms with van der Waals surface area (Å²) in [4.78, 5) is 29.0. The minimum absolute atomic E-state index is 0.0133. The lowest BCUT2D eigenvalue weighted by molar-refractivity contribution is -0.140. The Bertz CT molecular complexity index is 1370. The van der Waals surface area contributed by atoms with Gasteiger partial charge in [0, 0.05) is 23.5 Å². The fourth-order valence-corrected chi connectivity index (χ4v) is 5.26. The monoisotopic (exact) mass is 617 g/mol. The molecule has 0 spiro atoms. The summed E-state index contributed by atoms with van der Waals surface area (Å²) in [7, 11) is -3.85. The first-order valence-electron chi connectivity index (χ1n) is 12.6. The Morgan fingerprint density at radius 1 is 0.974 bits per heavy atom. The van der Waals surface area contributed by atoms with Crippen LogP contribution in [-0.2, 0) is 32.6 Å². The van der Waals surface area contributed by atoms with Crippen LogP contribution in [0.1, 0.15) is 31.4 Å². The van der Waals surface area contributed by atoms with Crippen LogP contribution in [0.5, 0.6) is 0 Å². The molecule has 3 rings (SSSR count). The van der Waals surface area contributed by atoms with Crippen molar-refractivity contribution in [3.63, 3.8) is 0 Å². The van der Waals surface area contributed by atoms with Crippen molar-refractivity contribution < 1.29 is 22.4 Å². The molecule has 3 aromatic carbocycles. The van der Waals surface area contributed by atoms with Gasteiger partial charge in [0.25, 0.3) is 0 Å². The van der Waals surface area contributed by atoms with Gasteiger partial charge in [0.05, 0.1) is 11.9 Å². The quantitative estimate of drug-likeness (QED) is 0.313. The van der Waals surface area contributed by atoms with Crippen LogP contribution in [0.25, 0.3) is 0 Å². The molecule has 0 aromatic heterocycles. The summed E-state index contributed by atoms with van der Waals surface area (Å²) in [6.45, 7) is 3.29. The van der Waals surface area contributed by atoms with E-state index >= 15 is 0 Å². The van der Waals surface area contributed by atoms with Gasteiger partial charge in [-0.25, -0.2) is 12.8 Å². The molecule has 39 heavy (non-hydrogen) atoms. The van der Waals surface area contributed by atoms with Gasteiger partial charge in [-0.15, -0.1) is 0 Å². The van der Waals surface area contributed by atoms with Gasteiger partial charge in [0.2, 0.25) is 21.8 Å². The Kier molecular flexibility index (Phi) is 10.7. The van der Waals surface area contributed by atoms with Crippen LogP contribution >= 0.6 is 15.9 Å². The number of nitrogens with one attached hydrogen (secondary N) is 1. The maximum atomic E-state index is 14.0. The fourth-order valence-electron chi connectivity index (χ4n) is 4.03. The van der Waals surface area contributed by atoms with E-state index in [1.54, 1.807) is 36.4 Å². The molecular weight excluding hydrogens is 585 g/mol. The summed E-state index contributed by atoms with van der Waals surface area (Å²) in [6.07, 6.45) is 1.94. The number of benzene rings is 3. The van der Waals surface area contributed by atoms with Crippen molar-refractivity contribution in [1.82, 2.24) is 10.2 Å². The number of carbonyl (C=O) groups is 2. The summed E-state index contributed by atoms with van der Waals surface area (Å²) in [6, 6.07) is 20.5. The number of amides is 2. The van der Waals surface area contributed by atoms with Crippen LogP contribution in [0, 0.1) is 5.82 Å². The molecule has 0 unspecified atom stereocenters. The van der Waals surface area contributed by atoms with E-state index in [0.717, 1.165) is 16.1 Å². The predicted octanol–water partition coefficient (Wildman–Crippen LogP) is 4.91. The second-order valence-corrected chi connectivity index (χ2v) is 12.2. The van der Waals surface area contributed by atoms with Crippen LogP contribution in [0.3, 0.4) is 0 Å². The van der Waals surface area contributed by atoms with E-state index in [9.17, 15) is 22.4 Å². The summed E-state index contributed by atoms with van der Waals surface area (Å²) >= 11 is 3.35. The minimum Gasteiger partial charge on any atom is -0.352 e. The van der Waals surface area contributed by atoms with E-state index in [4.69, 9.17) is 0 Å². The zero-order valence-corrected chi connectivity index (χ0v) is 24.6. The van der Waals surface area contributed by atoms with Gasteiger partial charge in [-0.1, -0.05) is 71.4 Å². The zero-order valence-electron chi connectivity index (χ0n) is 22.2. The number of sulfonamides is 1. The number of hydrogen-bond acceptors (Lipinski definition) is 4. The molecule has 208 valence electrons. The molecule has 2 amide bonds. The first-order chi connectivity index (χ1) is 18.5. The number of hydrogen-bond donors (Lipinski definition) is 1. The van der Waals surface area contributed by atoms with Crippen molar-refractivity contribution in [2.45, 2.75) is 45.3 Å². The molecule has 0 aliphatic rings. The number of halogens is 2. The van der Waals surface area contributed by atoms with E-state index in [1.807, 2.05) is 44.2 Å². The molecule has 0 saturated heterocycles. The molecule has 0 aliphatic carbocycles. The molecule has 0 heterocycles. The van der Waals surface area contributed by atoms with Gasteiger partial charge in [0.15, 0.2) is 0 Å². The van der Waals surface area contributed by atoms with Crippen molar-refractivity contribution in [3.8, 4) is 0 Å². The van der Waals surface area contributed by atoms with Crippen LogP contribution < -0.4 is 9.62 Å². The predicted molar refractivity (Wildman–Crippen MR) is 155 cm³/mol. The van der Waals surface area contributed by atoms with Gasteiger partial charge in [-0.3, -0.25) is 13.9 Å². The van der Waals surface area contributed by atoms with Crippen LogP contribution in [0.4, 0.5) is 10.1 Å². The lowest BCUT2D eigenvalue weighted by Gasteiger charge is -2.34. The Hall–Kier alpha value is -3.24. The van der Waals surface area contributed by atoms with Crippen molar-refractivity contribution in [2.24, 2.45) is 0 Å². The molecular formula is C29H33BrFN3O4S. The van der Waals surface area contributed by atoms with Crippen molar-refractivity contribution in [2.75, 3.05) is 17.1 Å². The van der Waals surface area contributed by atoms with Crippen LogP contribution in [0.2, 0.25) is 0 Å². The SMILES string of the molecule is CC[C@@H](C)NC(=O)[C@@H](Cc1ccccc1)N(Cc1ccc(F)cc1)C(=O)CN(c1cccc(Br)c1)S(C)(=O)=O. The normalized spacial score (nSPS) is 12.8. The average Bonchev–Trinajstić information content (AvgIpc) is 2.90. The molecule has 10 heteroatoms. The van der Waals surface area contributed by atoms with Gasteiger partial charge >= 0.3 is 0 Å². The van der Waals surface area contributed by atoms with E-state index in [0.29, 0.717) is 22.1 Å². The van der Waals surface area contributed by atoms with E-state index in [2.05, 4.69) is 21.2 Å². The van der Waals surface area contributed by atoms with Crippen molar-refractivity contribution in [3.05, 3.63) is 100 Å². The Morgan fingerprint density at radius 2 is 1.64 bits per heavy atom. The first kappa shape index (κ1) is 30.3. The van der Waals surface area contributed by atoms with Gasteiger partial charge in [-0.2, -0.15) is 0 Å². The zero-order chi connectivity index (χ0) is 28.6. The lowest BCUT2D eigenvalue weighted by Crippen LogP contribution is -2.54. The van der Waals surface area contributed by atoms with E-state index in [1.165, 1.54) is 17.0 Å². The lowest BCUT2D eigenvalue weighted by atomic mass is 10.0. The third-order valence-corrected chi connectivity index (χ3v) is 7.95. The number of carbonyl (C=O) groups excluding carboxylic acids is 2. The number of rotatable bonds is 12. The Morgan fingerprint density at radius 3 is 2.23 bits per heavy atom. The third kappa shape index (κ3) is 8.90. The highest BCUT2D eigenvalue weighted by Gasteiger charge is 2.33. The maximum absolute atomic E-state index is 14.0. The standard InChI is InChI=1S/C29H33BrFN3O4S/c1-4-21(2)32-29(36)27(17-22-9-6-5-7-10-22)33(19-23-13-15-25(31)16-14-23)28(35)20-34(39(3,37)38)26-12-8-11-24(30)18-26/h5-16,18,21,27H,4,17,19-20H2,1-3H3,(H,32,36)/t21-,27-/m1/s1. The van der Waals surface area contributed by atoms with Gasteiger partial charge in [0.1, 0.15) is 18.4 Å². The molecule has 0 aliphatic heterocycles. The second-order valence-electron chi connectivity index (χ2n) is 9.42. The Balaban J connectivity index is 2.05. The molecule has 0 fully saturated rings. The summed E-state index contributed by atoms with van der Waals surface area (Å²) in [5.74, 6) is -1.34. The second kappa shape index (κ2) is 13.7. The van der Waals surface area contributed by atoms with Crippen LogP contribution in [-0.4, -0.2) is 50.0 Å². The number of anilines is 1. The first-order valence-corrected chi connectivity index (χ1v) is 15.2. The highest BCUT2D eigenvalue weighted by molar-refractivity contribution is 9.10. The maximum Gasteiger partial charge on any atom is 0.244 e. The third-order valence-electron chi connectivity index (χ3n) is 6.31.